The Hall–Kier alpha value is -3.32. The highest BCUT2D eigenvalue weighted by molar-refractivity contribution is 6.14. The molecule has 2 aromatic carbocycles. The Labute approximate surface area is 161 Å². The standard InChI is InChI=1S/C26H23N/c1-5-12-21-23-17-11-16-22-20-15-10-9-14-19(20)18(7-3)25(13-6-2)27(26(22)23)24(21)8-4/h5-17H,2,4H2,1,3H3/b12-5-,18-7-,25-13?. The highest BCUT2D eigenvalue weighted by Crippen LogP contribution is 2.46. The molecule has 3 aromatic rings. The van der Waals surface area contributed by atoms with Crippen LogP contribution in [0.3, 0.4) is 0 Å². The lowest BCUT2D eigenvalue weighted by Gasteiger charge is -2.15. The van der Waals surface area contributed by atoms with Crippen LogP contribution >= 0.6 is 0 Å². The van der Waals surface area contributed by atoms with E-state index >= 15 is 0 Å². The second-order valence-corrected chi connectivity index (χ2v) is 6.58. The summed E-state index contributed by atoms with van der Waals surface area (Å²) in [6.45, 7) is 12.3. The van der Waals surface area contributed by atoms with Crippen LogP contribution in [0.5, 0.6) is 0 Å². The van der Waals surface area contributed by atoms with E-state index in [0.717, 1.165) is 11.4 Å². The predicted molar refractivity (Wildman–Crippen MR) is 120 cm³/mol. The van der Waals surface area contributed by atoms with E-state index in [4.69, 9.17) is 0 Å². The molecule has 0 spiro atoms. The van der Waals surface area contributed by atoms with Crippen molar-refractivity contribution in [3.05, 3.63) is 96.7 Å². The number of benzene rings is 2. The van der Waals surface area contributed by atoms with Crippen molar-refractivity contribution >= 4 is 34.3 Å². The summed E-state index contributed by atoms with van der Waals surface area (Å²) in [5, 5.41) is 1.24. The maximum atomic E-state index is 4.13. The zero-order valence-corrected chi connectivity index (χ0v) is 15.9. The molecular weight excluding hydrogens is 326 g/mol. The quantitative estimate of drug-likeness (QED) is 0.463. The van der Waals surface area contributed by atoms with Crippen LogP contribution in [0.4, 0.5) is 0 Å². The van der Waals surface area contributed by atoms with E-state index in [2.05, 4.69) is 98.3 Å². The molecule has 1 heteroatoms. The second-order valence-electron chi connectivity index (χ2n) is 6.58. The molecule has 4 rings (SSSR count). The molecule has 0 bridgehead atoms. The normalized spacial score (nSPS) is 16.1. The second kappa shape index (κ2) is 6.77. The minimum absolute atomic E-state index is 1.11. The van der Waals surface area contributed by atoms with Crippen molar-refractivity contribution in [1.82, 2.24) is 4.57 Å². The minimum atomic E-state index is 1.11. The number of rotatable bonds is 3. The lowest BCUT2D eigenvalue weighted by Crippen LogP contribution is -2.01. The van der Waals surface area contributed by atoms with Gasteiger partial charge in [0.25, 0.3) is 0 Å². The van der Waals surface area contributed by atoms with Crippen molar-refractivity contribution in [1.29, 1.82) is 0 Å². The largest absolute Gasteiger partial charge is 0.308 e. The molecule has 1 aromatic heterocycles. The third kappa shape index (κ3) is 2.39. The maximum absolute atomic E-state index is 4.13. The van der Waals surface area contributed by atoms with Crippen molar-refractivity contribution in [2.24, 2.45) is 0 Å². The van der Waals surface area contributed by atoms with E-state index in [1.807, 2.05) is 12.2 Å². The van der Waals surface area contributed by atoms with Gasteiger partial charge in [-0.15, -0.1) is 0 Å². The van der Waals surface area contributed by atoms with Crippen LogP contribution in [0, 0.1) is 0 Å². The first-order valence-corrected chi connectivity index (χ1v) is 9.28. The van der Waals surface area contributed by atoms with Gasteiger partial charge in [-0.2, -0.15) is 0 Å². The van der Waals surface area contributed by atoms with E-state index < -0.39 is 0 Å². The Bertz CT molecular complexity index is 1160. The van der Waals surface area contributed by atoms with Gasteiger partial charge >= 0.3 is 0 Å². The van der Waals surface area contributed by atoms with E-state index in [1.54, 1.807) is 0 Å². The summed E-state index contributed by atoms with van der Waals surface area (Å²) >= 11 is 0. The molecule has 0 radical (unpaired) electrons. The average molecular weight is 349 g/mol. The molecule has 1 aliphatic rings. The number of para-hydroxylation sites is 1. The van der Waals surface area contributed by atoms with Gasteiger partial charge in [0.05, 0.1) is 16.9 Å². The third-order valence-electron chi connectivity index (χ3n) is 5.18. The van der Waals surface area contributed by atoms with Gasteiger partial charge in [0.15, 0.2) is 0 Å². The number of fused-ring (bicyclic) bond motifs is 2. The lowest BCUT2D eigenvalue weighted by atomic mass is 9.92. The zero-order valence-electron chi connectivity index (χ0n) is 15.9. The first-order chi connectivity index (χ1) is 13.3. The molecule has 0 amide bonds. The Kier molecular flexibility index (Phi) is 4.29. The lowest BCUT2D eigenvalue weighted by molar-refractivity contribution is 1.16. The molecule has 27 heavy (non-hydrogen) atoms. The summed E-state index contributed by atoms with van der Waals surface area (Å²) in [5.41, 5.74) is 9.60. The topological polar surface area (TPSA) is 4.93 Å². The third-order valence-corrected chi connectivity index (χ3v) is 5.18. The molecule has 0 saturated carbocycles. The first kappa shape index (κ1) is 17.1. The fourth-order valence-electron chi connectivity index (χ4n) is 4.18. The zero-order chi connectivity index (χ0) is 19.0. The highest BCUT2D eigenvalue weighted by atomic mass is 15.0. The Balaban J connectivity index is 2.32. The Morgan fingerprint density at radius 2 is 1.63 bits per heavy atom. The van der Waals surface area contributed by atoms with Gasteiger partial charge < -0.3 is 4.57 Å². The summed E-state index contributed by atoms with van der Waals surface area (Å²) in [4.78, 5) is 0. The van der Waals surface area contributed by atoms with Crippen LogP contribution in [-0.4, -0.2) is 4.57 Å². The predicted octanol–water partition coefficient (Wildman–Crippen LogP) is 7.43. The SMILES string of the molecule is C=CC=C1/C(=C\C)c2ccccc2-c2cccc3c(/C=C\C)c(C=C)n1c23. The molecular formula is C26H23N. The molecule has 2 heterocycles. The Morgan fingerprint density at radius 1 is 0.889 bits per heavy atom. The van der Waals surface area contributed by atoms with Crippen LogP contribution in [0.2, 0.25) is 0 Å². The van der Waals surface area contributed by atoms with Crippen molar-refractivity contribution in [3.8, 4) is 11.1 Å². The van der Waals surface area contributed by atoms with Gasteiger partial charge in [-0.3, -0.25) is 0 Å². The maximum Gasteiger partial charge on any atom is 0.0619 e. The summed E-state index contributed by atoms with van der Waals surface area (Å²) in [7, 11) is 0. The van der Waals surface area contributed by atoms with Crippen LogP contribution in [0.1, 0.15) is 30.7 Å². The smallest absolute Gasteiger partial charge is 0.0619 e. The fourth-order valence-corrected chi connectivity index (χ4v) is 4.18. The summed E-state index contributed by atoms with van der Waals surface area (Å²) in [5.74, 6) is 0. The number of hydrogen-bond acceptors (Lipinski definition) is 0. The molecule has 0 unspecified atom stereocenters. The van der Waals surface area contributed by atoms with Crippen molar-refractivity contribution in [3.63, 3.8) is 0 Å². The van der Waals surface area contributed by atoms with Crippen LogP contribution in [-0.2, 0) is 0 Å². The van der Waals surface area contributed by atoms with Gasteiger partial charge in [-0.25, -0.2) is 0 Å². The van der Waals surface area contributed by atoms with Crippen LogP contribution < -0.4 is 0 Å². The van der Waals surface area contributed by atoms with Gasteiger partial charge in [0.1, 0.15) is 0 Å². The van der Waals surface area contributed by atoms with Crippen molar-refractivity contribution < 1.29 is 0 Å². The number of allylic oxidation sites excluding steroid dienone is 6. The van der Waals surface area contributed by atoms with E-state index in [-0.39, 0.29) is 0 Å². The van der Waals surface area contributed by atoms with Gasteiger partial charge in [-0.1, -0.05) is 79.9 Å². The molecule has 0 N–H and O–H groups in total. The van der Waals surface area contributed by atoms with Crippen molar-refractivity contribution in [2.45, 2.75) is 13.8 Å². The molecule has 132 valence electrons. The van der Waals surface area contributed by atoms with E-state index in [0.29, 0.717) is 0 Å². The molecule has 0 atom stereocenters. The molecule has 1 aliphatic heterocycles. The average Bonchev–Trinajstić information content (AvgIpc) is 2.95. The number of hydrogen-bond donors (Lipinski definition) is 0. The number of aromatic nitrogens is 1. The minimum Gasteiger partial charge on any atom is -0.308 e. The van der Waals surface area contributed by atoms with Gasteiger partial charge in [-0.05, 0) is 37.1 Å². The molecule has 1 nitrogen and oxygen atoms in total. The van der Waals surface area contributed by atoms with Crippen molar-refractivity contribution in [2.75, 3.05) is 0 Å². The monoisotopic (exact) mass is 349 g/mol. The molecule has 0 saturated heterocycles. The van der Waals surface area contributed by atoms with E-state index in [1.165, 1.54) is 38.7 Å². The highest BCUT2D eigenvalue weighted by Gasteiger charge is 2.26. The van der Waals surface area contributed by atoms with E-state index in [9.17, 15) is 0 Å². The Morgan fingerprint density at radius 3 is 2.30 bits per heavy atom. The van der Waals surface area contributed by atoms with Crippen LogP contribution in [0.15, 0.2) is 79.9 Å². The first-order valence-electron chi connectivity index (χ1n) is 9.28. The summed E-state index contributed by atoms with van der Waals surface area (Å²) in [6.07, 6.45) is 12.4. The molecule has 0 fully saturated rings. The summed E-state index contributed by atoms with van der Waals surface area (Å²) < 4.78 is 2.34. The van der Waals surface area contributed by atoms with Gasteiger partial charge in [0, 0.05) is 22.1 Å². The van der Waals surface area contributed by atoms with Crippen LogP contribution in [0.25, 0.3) is 45.5 Å². The number of nitrogens with zero attached hydrogens (tertiary/aromatic N) is 1. The molecule has 0 aliphatic carbocycles. The van der Waals surface area contributed by atoms with Gasteiger partial charge in [0.2, 0.25) is 0 Å². The fraction of sp³-hybridized carbons (Fsp3) is 0.0769. The summed E-state index contributed by atoms with van der Waals surface area (Å²) in [6, 6.07) is 15.2.